The fourth-order valence-electron chi connectivity index (χ4n) is 3.30. The van der Waals surface area contributed by atoms with E-state index in [2.05, 4.69) is 17.2 Å². The van der Waals surface area contributed by atoms with Crippen LogP contribution >= 0.6 is 0 Å². The van der Waals surface area contributed by atoms with Crippen molar-refractivity contribution < 1.29 is 14.3 Å². The number of hydrogen-bond acceptors (Lipinski definition) is 3. The number of benzene rings is 1. The molecule has 0 saturated carbocycles. The van der Waals surface area contributed by atoms with Crippen LogP contribution in [0.1, 0.15) is 51.5 Å². The molecule has 2 rings (SSSR count). The molecule has 0 aliphatic carbocycles. The number of fused-ring (bicyclic) bond motifs is 1. The Morgan fingerprint density at radius 1 is 1.23 bits per heavy atom. The van der Waals surface area contributed by atoms with Gasteiger partial charge in [0.2, 0.25) is 5.91 Å². The molecule has 0 aliphatic heterocycles. The Hall–Kier alpha value is -3.28. The van der Waals surface area contributed by atoms with Crippen molar-refractivity contribution in [2.75, 3.05) is 12.4 Å². The van der Waals surface area contributed by atoms with Gasteiger partial charge in [0.1, 0.15) is 11.5 Å². The van der Waals surface area contributed by atoms with E-state index < -0.39 is 0 Å². The van der Waals surface area contributed by atoms with Gasteiger partial charge in [0.25, 0.3) is 5.91 Å². The van der Waals surface area contributed by atoms with Crippen molar-refractivity contribution in [3.63, 3.8) is 0 Å². The van der Waals surface area contributed by atoms with E-state index in [0.29, 0.717) is 35.8 Å². The summed E-state index contributed by atoms with van der Waals surface area (Å²) in [6, 6.07) is 7.53. The summed E-state index contributed by atoms with van der Waals surface area (Å²) in [6.45, 7) is 14.4. The smallest absolute Gasteiger partial charge is 0.272 e. The maximum Gasteiger partial charge on any atom is 0.272 e. The zero-order valence-electron chi connectivity index (χ0n) is 19.3. The number of ether oxygens (including phenoxy) is 1. The Morgan fingerprint density at radius 3 is 2.52 bits per heavy atom. The largest absolute Gasteiger partial charge is 0.497 e. The third kappa shape index (κ3) is 6.60. The average Bonchev–Trinajstić information content (AvgIpc) is 3.04. The van der Waals surface area contributed by atoms with Gasteiger partial charge in [0, 0.05) is 41.3 Å². The van der Waals surface area contributed by atoms with Crippen LogP contribution in [0.2, 0.25) is 0 Å². The molecule has 2 N–H and O–H groups in total. The topological polar surface area (TPSA) is 72.4 Å². The summed E-state index contributed by atoms with van der Waals surface area (Å²) < 4.78 is 7.03. The van der Waals surface area contributed by atoms with Crippen LogP contribution in [0.5, 0.6) is 0 Å². The fourth-order valence-corrected chi connectivity index (χ4v) is 3.30. The van der Waals surface area contributed by atoms with Crippen LogP contribution in [0.25, 0.3) is 10.9 Å². The third-order valence-corrected chi connectivity index (χ3v) is 4.61. The van der Waals surface area contributed by atoms with E-state index in [4.69, 9.17) is 4.74 Å². The normalized spacial score (nSPS) is 12.3. The van der Waals surface area contributed by atoms with Crippen LogP contribution < -0.4 is 10.6 Å². The summed E-state index contributed by atoms with van der Waals surface area (Å²) in [4.78, 5) is 25.3. The summed E-state index contributed by atoms with van der Waals surface area (Å²) in [7, 11) is 1.53. The Kier molecular flexibility index (Phi) is 7.86. The minimum absolute atomic E-state index is 0.0285. The second-order valence-electron chi connectivity index (χ2n) is 8.56. The second kappa shape index (κ2) is 10.2. The molecule has 1 aromatic heterocycles. The molecule has 0 unspecified atom stereocenters. The molecule has 1 aromatic carbocycles. The summed E-state index contributed by atoms with van der Waals surface area (Å²) >= 11 is 0. The summed E-state index contributed by atoms with van der Waals surface area (Å²) in [5.74, 6) is 0.184. The number of nitrogens with zero attached hydrogens (tertiary/aromatic N) is 1. The lowest BCUT2D eigenvalue weighted by Crippen LogP contribution is -2.24. The van der Waals surface area contributed by atoms with Crippen LogP contribution in [0.4, 0.5) is 5.69 Å². The molecule has 0 spiro atoms. The minimum atomic E-state index is -0.232. The number of carbonyl (C=O) groups is 2. The van der Waals surface area contributed by atoms with Gasteiger partial charge in [-0.2, -0.15) is 0 Å². The van der Waals surface area contributed by atoms with Crippen LogP contribution in [-0.2, 0) is 16.1 Å². The molecule has 166 valence electrons. The van der Waals surface area contributed by atoms with Gasteiger partial charge < -0.3 is 19.9 Å². The Morgan fingerprint density at radius 2 is 1.94 bits per heavy atom. The second-order valence-corrected chi connectivity index (χ2v) is 8.56. The number of nitrogens with one attached hydrogen (secondary N) is 2. The maximum atomic E-state index is 13.0. The van der Waals surface area contributed by atoms with E-state index >= 15 is 0 Å². The molecule has 0 saturated heterocycles. The first-order valence-corrected chi connectivity index (χ1v) is 10.4. The average molecular weight is 424 g/mol. The number of anilines is 1. The molecule has 2 aromatic rings. The van der Waals surface area contributed by atoms with Crippen LogP contribution in [0.15, 0.2) is 60.5 Å². The number of amides is 2. The number of hydrogen-bond donors (Lipinski definition) is 2. The molecule has 0 atom stereocenters. The van der Waals surface area contributed by atoms with E-state index in [-0.39, 0.29) is 17.2 Å². The van der Waals surface area contributed by atoms with Crippen LogP contribution in [-0.4, -0.2) is 23.5 Å². The van der Waals surface area contributed by atoms with Gasteiger partial charge in [-0.05, 0) is 49.6 Å². The molecule has 0 bridgehead atoms. The highest BCUT2D eigenvalue weighted by molar-refractivity contribution is 6.01. The zero-order valence-corrected chi connectivity index (χ0v) is 19.3. The Bertz CT molecular complexity index is 1040. The number of carbonyl (C=O) groups excluding carboxylic acids is 2. The highest BCUT2D eigenvalue weighted by atomic mass is 16.5. The van der Waals surface area contributed by atoms with Gasteiger partial charge in [-0.3, -0.25) is 9.59 Å². The highest BCUT2D eigenvalue weighted by Crippen LogP contribution is 2.25. The van der Waals surface area contributed by atoms with Crippen molar-refractivity contribution in [3.05, 3.63) is 66.2 Å². The van der Waals surface area contributed by atoms with Crippen molar-refractivity contribution in [1.29, 1.82) is 0 Å². The molecule has 1 heterocycles. The summed E-state index contributed by atoms with van der Waals surface area (Å²) in [6.07, 6.45) is 5.71. The van der Waals surface area contributed by atoms with Crippen LogP contribution in [0, 0.1) is 5.41 Å². The molecule has 2 amide bonds. The lowest BCUT2D eigenvalue weighted by Gasteiger charge is -2.17. The highest BCUT2D eigenvalue weighted by Gasteiger charge is 2.18. The molecule has 6 nitrogen and oxygen atoms in total. The first-order chi connectivity index (χ1) is 14.6. The zero-order chi connectivity index (χ0) is 23.2. The molecule has 0 radical (unpaired) electrons. The number of allylic oxidation sites excluding steroid dienone is 3. The van der Waals surface area contributed by atoms with Crippen LogP contribution in [0.3, 0.4) is 0 Å². The standard InChI is InChI=1S/C25H33N3O3/c1-8-10-19(13-17(3)31-7)27-24(30)22-15-18-14-20(11-12-21(18)28(22)9-2)26-23(29)16-25(4,5)6/h8,10-15H,3,9,16H2,1-2,4-7H3,(H,26,29)(H,27,30)/b10-8-,19-13+. The van der Waals surface area contributed by atoms with Gasteiger partial charge in [-0.15, -0.1) is 0 Å². The molecule has 6 heteroatoms. The summed E-state index contributed by atoms with van der Waals surface area (Å²) in [5.41, 5.74) is 2.68. The molecule has 31 heavy (non-hydrogen) atoms. The Labute approximate surface area is 184 Å². The van der Waals surface area contributed by atoms with Gasteiger partial charge >= 0.3 is 0 Å². The van der Waals surface area contributed by atoms with Crippen molar-refractivity contribution >= 4 is 28.4 Å². The fraction of sp³-hybridized carbons (Fsp3) is 0.360. The van der Waals surface area contributed by atoms with E-state index in [0.717, 1.165) is 10.9 Å². The van der Waals surface area contributed by atoms with Gasteiger partial charge in [0.15, 0.2) is 0 Å². The predicted molar refractivity (Wildman–Crippen MR) is 127 cm³/mol. The van der Waals surface area contributed by atoms with Crippen molar-refractivity contribution in [2.24, 2.45) is 5.41 Å². The van der Waals surface area contributed by atoms with E-state index in [1.54, 1.807) is 12.2 Å². The monoisotopic (exact) mass is 423 g/mol. The first kappa shape index (κ1) is 24.0. The van der Waals surface area contributed by atoms with Crippen molar-refractivity contribution in [2.45, 2.75) is 47.6 Å². The molecule has 0 fully saturated rings. The minimum Gasteiger partial charge on any atom is -0.497 e. The molecular formula is C25H33N3O3. The van der Waals surface area contributed by atoms with Gasteiger partial charge in [0.05, 0.1) is 7.11 Å². The molecular weight excluding hydrogens is 390 g/mol. The van der Waals surface area contributed by atoms with Crippen molar-refractivity contribution in [1.82, 2.24) is 9.88 Å². The third-order valence-electron chi connectivity index (χ3n) is 4.61. The maximum absolute atomic E-state index is 13.0. The number of aryl methyl sites for hydroxylation is 1. The lowest BCUT2D eigenvalue weighted by atomic mass is 9.92. The van der Waals surface area contributed by atoms with Gasteiger partial charge in [-0.25, -0.2) is 0 Å². The molecule has 0 aliphatic rings. The van der Waals surface area contributed by atoms with E-state index in [1.165, 1.54) is 7.11 Å². The number of methoxy groups -OCH3 is 1. The van der Waals surface area contributed by atoms with Crippen molar-refractivity contribution in [3.8, 4) is 0 Å². The quantitative estimate of drug-likeness (QED) is 0.442. The Balaban J connectivity index is 2.33. The predicted octanol–water partition coefficient (Wildman–Crippen LogP) is 5.39. The van der Waals surface area contributed by atoms with E-state index in [9.17, 15) is 9.59 Å². The SMILES string of the molecule is C=C(/C=C(\C=C/C)NC(=O)c1cc2cc(NC(=O)CC(C)(C)C)ccc2n1CC)OC. The number of rotatable bonds is 8. The lowest BCUT2D eigenvalue weighted by molar-refractivity contribution is -0.117. The summed E-state index contributed by atoms with van der Waals surface area (Å²) in [5, 5.41) is 6.75. The first-order valence-electron chi connectivity index (χ1n) is 10.4. The van der Waals surface area contributed by atoms with E-state index in [1.807, 2.05) is 69.5 Å². The van der Waals surface area contributed by atoms with Gasteiger partial charge in [-0.1, -0.05) is 33.4 Å². The number of aromatic nitrogens is 1.